The second kappa shape index (κ2) is 19.8. The Bertz CT molecular complexity index is 1720. The van der Waals surface area contributed by atoms with E-state index in [-0.39, 0.29) is 36.7 Å². The van der Waals surface area contributed by atoms with Crippen molar-refractivity contribution in [2.24, 2.45) is 0 Å². The number of carbonyl (C=O) groups excluding carboxylic acids is 2. The van der Waals surface area contributed by atoms with Gasteiger partial charge in [-0.25, -0.2) is 9.59 Å². The van der Waals surface area contributed by atoms with Gasteiger partial charge in [0.1, 0.15) is 49.8 Å². The van der Waals surface area contributed by atoms with Crippen LogP contribution in [0.25, 0.3) is 0 Å². The zero-order chi connectivity index (χ0) is 37.5. The van der Waals surface area contributed by atoms with Crippen molar-refractivity contribution >= 4 is 17.6 Å². The van der Waals surface area contributed by atoms with Gasteiger partial charge in [-0.05, 0) is 67.8 Å². The normalized spacial score (nSPS) is 14.7. The number of hydrogen-bond donors (Lipinski definition) is 3. The van der Waals surface area contributed by atoms with Crippen molar-refractivity contribution in [3.8, 4) is 17.2 Å². The third-order valence-electron chi connectivity index (χ3n) is 8.10. The molecule has 14 heteroatoms. The van der Waals surface area contributed by atoms with Crippen LogP contribution in [0.1, 0.15) is 30.9 Å². The maximum absolute atomic E-state index is 13.4. The molecule has 2 atom stereocenters. The summed E-state index contributed by atoms with van der Waals surface area (Å²) in [6.45, 7) is 5.33. The third-order valence-corrected chi connectivity index (χ3v) is 8.10. The minimum atomic E-state index is -0.955. The van der Waals surface area contributed by atoms with Gasteiger partial charge in [-0.3, -0.25) is 10.1 Å². The predicted molar refractivity (Wildman–Crippen MR) is 191 cm³/mol. The first kappa shape index (κ1) is 39.3. The summed E-state index contributed by atoms with van der Waals surface area (Å²) >= 11 is 0. The summed E-state index contributed by atoms with van der Waals surface area (Å²) in [6, 6.07) is 20.4. The minimum Gasteiger partial charge on any atom is -0.492 e. The Morgan fingerprint density at radius 3 is 2.10 bits per heavy atom. The second-order valence-electron chi connectivity index (χ2n) is 11.8. The van der Waals surface area contributed by atoms with Crippen LogP contribution >= 0.6 is 0 Å². The Hall–Kier alpha value is -5.44. The number of hydrogen-bond acceptors (Lipinski definition) is 13. The average Bonchev–Trinajstić information content (AvgIpc) is 3.15. The molecule has 1 aliphatic heterocycles. The van der Waals surface area contributed by atoms with Gasteiger partial charge in [0.25, 0.3) is 5.69 Å². The van der Waals surface area contributed by atoms with Gasteiger partial charge >= 0.3 is 11.9 Å². The molecule has 52 heavy (non-hydrogen) atoms. The Morgan fingerprint density at radius 1 is 0.846 bits per heavy atom. The molecule has 278 valence electrons. The summed E-state index contributed by atoms with van der Waals surface area (Å²) in [5.74, 6) is -0.488. The number of non-ortho nitro benzene ring substituents is 1. The van der Waals surface area contributed by atoms with E-state index in [1.165, 1.54) is 25.3 Å². The lowest BCUT2D eigenvalue weighted by Gasteiger charge is -2.30. The number of nitrogens with zero attached hydrogens (tertiary/aromatic N) is 1. The number of aliphatic hydroxyl groups is 1. The zero-order valence-electron chi connectivity index (χ0n) is 29.7. The van der Waals surface area contributed by atoms with Gasteiger partial charge in [-0.2, -0.15) is 0 Å². The lowest BCUT2D eigenvalue weighted by Crippen LogP contribution is -2.33. The molecule has 0 amide bonds. The summed E-state index contributed by atoms with van der Waals surface area (Å²) in [6.07, 6.45) is 0.147. The highest BCUT2D eigenvalue weighted by Gasteiger charge is 2.38. The molecule has 1 heterocycles. The fourth-order valence-corrected chi connectivity index (χ4v) is 5.53. The summed E-state index contributed by atoms with van der Waals surface area (Å²) in [7, 11) is 2.90. The Morgan fingerprint density at radius 2 is 1.46 bits per heavy atom. The molecule has 3 N–H and O–H groups in total. The molecule has 4 rings (SSSR count). The van der Waals surface area contributed by atoms with Crippen LogP contribution in [0.15, 0.2) is 95.3 Å². The zero-order valence-corrected chi connectivity index (χ0v) is 29.7. The van der Waals surface area contributed by atoms with Crippen molar-refractivity contribution < 1.29 is 48.0 Å². The number of allylic oxidation sites excluding steroid dienone is 2. The Kier molecular flexibility index (Phi) is 15.0. The van der Waals surface area contributed by atoms with Gasteiger partial charge in [-0.1, -0.05) is 24.3 Å². The first-order chi connectivity index (χ1) is 25.1. The summed E-state index contributed by atoms with van der Waals surface area (Å²) < 4.78 is 32.8. The molecule has 0 bridgehead atoms. The Balaban J connectivity index is 1.19. The molecule has 0 aliphatic carbocycles. The first-order valence-corrected chi connectivity index (χ1v) is 16.7. The monoisotopic (exact) mass is 719 g/mol. The molecule has 2 unspecified atom stereocenters. The van der Waals surface area contributed by atoms with E-state index < -0.39 is 28.9 Å². The molecule has 0 saturated heterocycles. The standard InChI is InChI=1S/C38H45N3O11/c1-25-34(37(43)48-4)36(28-6-5-7-29(22-28)41(45)46)35(26(2)40-25)38(44)51-21-20-50-32-14-12-31(13-15-32)49-19-17-39-23-30(42)24-52-33-10-8-27(9-11-33)16-18-47-3/h5-15,22,30,36,39-40,42H,16-21,23-24H2,1-4H3. The van der Waals surface area contributed by atoms with E-state index in [4.69, 9.17) is 28.4 Å². The number of dihydropyridines is 1. The highest BCUT2D eigenvalue weighted by atomic mass is 16.6. The smallest absolute Gasteiger partial charge is 0.336 e. The molecule has 14 nitrogen and oxygen atoms in total. The second-order valence-corrected chi connectivity index (χ2v) is 11.8. The maximum Gasteiger partial charge on any atom is 0.336 e. The first-order valence-electron chi connectivity index (χ1n) is 16.7. The lowest BCUT2D eigenvalue weighted by molar-refractivity contribution is -0.384. The van der Waals surface area contributed by atoms with E-state index in [9.17, 15) is 24.8 Å². The minimum absolute atomic E-state index is 0.0432. The van der Waals surface area contributed by atoms with Gasteiger partial charge in [0, 0.05) is 43.7 Å². The molecule has 0 spiro atoms. The SMILES string of the molecule is COCCc1ccc(OCC(O)CNCCOc2ccc(OCCOC(=O)C3=C(C)NC(C)=C(C(=O)OC)C3c3cccc([N+](=O)[O-])c3)cc2)cc1. The molecule has 3 aromatic rings. The number of rotatable bonds is 20. The van der Waals surface area contributed by atoms with Gasteiger partial charge in [0.2, 0.25) is 0 Å². The molecular weight excluding hydrogens is 674 g/mol. The van der Waals surface area contributed by atoms with Crippen molar-refractivity contribution in [1.29, 1.82) is 0 Å². The van der Waals surface area contributed by atoms with Gasteiger partial charge in [0.15, 0.2) is 0 Å². The van der Waals surface area contributed by atoms with Crippen molar-refractivity contribution in [1.82, 2.24) is 10.6 Å². The topological polar surface area (TPSA) is 177 Å². The maximum atomic E-state index is 13.4. The van der Waals surface area contributed by atoms with Gasteiger partial charge in [-0.15, -0.1) is 0 Å². The molecular formula is C38H45N3O11. The van der Waals surface area contributed by atoms with E-state index in [0.717, 1.165) is 12.0 Å². The van der Waals surface area contributed by atoms with Gasteiger partial charge in [0.05, 0.1) is 35.7 Å². The van der Waals surface area contributed by atoms with Crippen LogP contribution in [-0.4, -0.2) is 88.4 Å². The number of benzene rings is 3. The number of nitro benzene ring substituents is 1. The van der Waals surface area contributed by atoms with E-state index in [2.05, 4.69) is 10.6 Å². The van der Waals surface area contributed by atoms with Crippen LogP contribution in [0.4, 0.5) is 5.69 Å². The van der Waals surface area contributed by atoms with Crippen molar-refractivity contribution in [2.45, 2.75) is 32.3 Å². The number of ether oxygens (including phenoxy) is 6. The van der Waals surface area contributed by atoms with E-state index in [1.807, 2.05) is 24.3 Å². The lowest BCUT2D eigenvalue weighted by atomic mass is 9.80. The predicted octanol–water partition coefficient (Wildman–Crippen LogP) is 4.22. The van der Waals surface area contributed by atoms with Crippen molar-refractivity contribution in [2.75, 3.05) is 60.3 Å². The average molecular weight is 720 g/mol. The summed E-state index contributed by atoms with van der Waals surface area (Å²) in [5, 5.41) is 27.9. The fourth-order valence-electron chi connectivity index (χ4n) is 5.53. The van der Waals surface area contributed by atoms with Crippen LogP contribution < -0.4 is 24.8 Å². The number of nitro groups is 1. The van der Waals surface area contributed by atoms with Gasteiger partial charge < -0.3 is 44.2 Å². The molecule has 0 radical (unpaired) electrons. The number of aliphatic hydroxyl groups excluding tert-OH is 1. The Labute approximate surface area is 302 Å². The molecule has 0 saturated carbocycles. The number of methoxy groups -OCH3 is 2. The number of nitrogens with one attached hydrogen (secondary N) is 2. The summed E-state index contributed by atoms with van der Waals surface area (Å²) in [4.78, 5) is 37.2. The number of esters is 2. The van der Waals surface area contributed by atoms with E-state index >= 15 is 0 Å². The summed E-state index contributed by atoms with van der Waals surface area (Å²) in [5.41, 5.74) is 2.52. The third kappa shape index (κ3) is 11.3. The van der Waals surface area contributed by atoms with E-state index in [0.29, 0.717) is 60.5 Å². The van der Waals surface area contributed by atoms with Crippen molar-refractivity contribution in [3.63, 3.8) is 0 Å². The highest BCUT2D eigenvalue weighted by molar-refractivity contribution is 5.99. The number of carbonyl (C=O) groups is 2. The van der Waals surface area contributed by atoms with Crippen LogP contribution in [-0.2, 0) is 30.2 Å². The van der Waals surface area contributed by atoms with E-state index in [1.54, 1.807) is 51.3 Å². The molecule has 1 aliphatic rings. The largest absolute Gasteiger partial charge is 0.492 e. The van der Waals surface area contributed by atoms with Crippen LogP contribution in [0, 0.1) is 10.1 Å². The van der Waals surface area contributed by atoms with Crippen LogP contribution in [0.2, 0.25) is 0 Å². The van der Waals surface area contributed by atoms with Crippen LogP contribution in [0.3, 0.4) is 0 Å². The van der Waals surface area contributed by atoms with Crippen LogP contribution in [0.5, 0.6) is 17.2 Å². The molecule has 3 aromatic carbocycles. The van der Waals surface area contributed by atoms with Crippen molar-refractivity contribution in [3.05, 3.63) is 117 Å². The highest BCUT2D eigenvalue weighted by Crippen LogP contribution is 2.40. The molecule has 0 fully saturated rings. The fraction of sp³-hybridized carbons (Fsp3) is 0.368. The molecule has 0 aromatic heterocycles. The quantitative estimate of drug-likeness (QED) is 0.0655.